The Morgan fingerprint density at radius 2 is 1.48 bits per heavy atom. The quantitative estimate of drug-likeness (QED) is 0.132. The molecule has 0 aromatic heterocycles. The van der Waals surface area contributed by atoms with Gasteiger partial charge in [0.2, 0.25) is 0 Å². The van der Waals surface area contributed by atoms with Crippen molar-refractivity contribution >= 4 is 5.97 Å². The van der Waals surface area contributed by atoms with Crippen molar-refractivity contribution in [3.63, 3.8) is 0 Å². The Hall–Kier alpha value is -0.970. The van der Waals surface area contributed by atoms with Crippen LogP contribution in [-0.2, 0) is 28.5 Å². The van der Waals surface area contributed by atoms with Gasteiger partial charge in [-0.2, -0.15) is 0 Å². The predicted molar refractivity (Wildman–Crippen MR) is 110 cm³/mol. The Balaban J connectivity index is 2.01. The molecule has 2 heterocycles. The lowest BCUT2D eigenvalue weighted by molar-refractivity contribution is -0.354. The summed E-state index contributed by atoms with van der Waals surface area (Å²) < 4.78 is 28.1. The summed E-state index contributed by atoms with van der Waals surface area (Å²) in [4.78, 5) is 10.6. The number of carboxylic acid groups (broad SMARTS) is 1. The molecule has 13 nitrogen and oxygen atoms in total. The number of aliphatic hydroxyl groups is 5. The van der Waals surface area contributed by atoms with Gasteiger partial charge in [-0.05, 0) is 19.4 Å². The molecule has 0 amide bonds. The van der Waals surface area contributed by atoms with Crippen LogP contribution in [-0.4, -0.2) is 125 Å². The molecule has 2 aliphatic heterocycles. The fourth-order valence-corrected chi connectivity index (χ4v) is 3.80. The molecule has 8 N–H and O–H groups in total. The highest BCUT2D eigenvalue weighted by molar-refractivity contribution is 5.66. The summed E-state index contributed by atoms with van der Waals surface area (Å²) in [5.41, 5.74) is 5.45. The maximum Gasteiger partial charge on any atom is 0.303 e. The lowest BCUT2D eigenvalue weighted by atomic mass is 9.91. The molecule has 13 heteroatoms. The van der Waals surface area contributed by atoms with Gasteiger partial charge in [0, 0.05) is 18.9 Å². The predicted octanol–water partition coefficient (Wildman–Crippen LogP) is -2.86. The van der Waals surface area contributed by atoms with Crippen molar-refractivity contribution in [2.75, 3.05) is 33.0 Å². The highest BCUT2D eigenvalue weighted by atomic mass is 16.7. The number of rotatable bonds is 13. The molecule has 0 aliphatic carbocycles. The van der Waals surface area contributed by atoms with Crippen molar-refractivity contribution in [3.8, 4) is 0 Å². The zero-order chi connectivity index (χ0) is 24.5. The van der Waals surface area contributed by atoms with E-state index in [0.717, 1.165) is 0 Å². The Labute approximate surface area is 191 Å². The molecular weight excluding hydrogens is 446 g/mol. The molecule has 0 radical (unpaired) electrons. The lowest BCUT2D eigenvalue weighted by Crippen LogP contribution is -2.63. The van der Waals surface area contributed by atoms with Crippen LogP contribution in [0.5, 0.6) is 0 Å². The highest BCUT2D eigenvalue weighted by Gasteiger charge is 2.50. The maximum absolute atomic E-state index is 10.7. The molecule has 2 aliphatic rings. The standard InChI is InChI=1S/C20H37NO12/c1-10-14(26)17(29-7-3-5-21)11(8-22)31-19(10)33-18-12(9-23)32-20(16(28)15(18)27)30-6-2-4-13(24)25/h10-12,14-20,22-23,26-28H,2-9,21H2,1H3,(H,24,25)/t10?,11?,12?,14-,15-,16?,17-,18-,19+,20-/m1/s1. The smallest absolute Gasteiger partial charge is 0.303 e. The number of carboxylic acids is 1. The van der Waals surface area contributed by atoms with E-state index in [0.29, 0.717) is 13.0 Å². The zero-order valence-electron chi connectivity index (χ0n) is 18.6. The zero-order valence-corrected chi connectivity index (χ0v) is 18.6. The van der Waals surface area contributed by atoms with Crippen molar-refractivity contribution < 1.29 is 59.1 Å². The summed E-state index contributed by atoms with van der Waals surface area (Å²) in [5, 5.41) is 59.8. The molecule has 194 valence electrons. The van der Waals surface area contributed by atoms with Crippen molar-refractivity contribution in [1.82, 2.24) is 0 Å². The van der Waals surface area contributed by atoms with E-state index in [4.69, 9.17) is 34.5 Å². The molecule has 10 atom stereocenters. The summed E-state index contributed by atoms with van der Waals surface area (Å²) in [6.45, 7) is 1.24. The fraction of sp³-hybridized carbons (Fsp3) is 0.950. The first-order chi connectivity index (χ1) is 15.7. The maximum atomic E-state index is 10.7. The third-order valence-electron chi connectivity index (χ3n) is 5.75. The van der Waals surface area contributed by atoms with Gasteiger partial charge >= 0.3 is 5.97 Å². The van der Waals surface area contributed by atoms with Gasteiger partial charge in [0.05, 0.1) is 25.9 Å². The van der Waals surface area contributed by atoms with E-state index in [9.17, 15) is 30.3 Å². The van der Waals surface area contributed by atoms with Crippen LogP contribution >= 0.6 is 0 Å². The number of aliphatic hydroxyl groups excluding tert-OH is 5. The number of carbonyl (C=O) groups is 1. The summed E-state index contributed by atoms with van der Waals surface area (Å²) in [7, 11) is 0. The van der Waals surface area contributed by atoms with Gasteiger partial charge in [-0.3, -0.25) is 4.79 Å². The Morgan fingerprint density at radius 3 is 2.09 bits per heavy atom. The lowest BCUT2D eigenvalue weighted by Gasteiger charge is -2.47. The van der Waals surface area contributed by atoms with E-state index in [1.807, 2.05) is 0 Å². The molecule has 2 saturated heterocycles. The second-order valence-corrected chi connectivity index (χ2v) is 8.23. The third kappa shape index (κ3) is 7.50. The Bertz CT molecular complexity index is 579. The molecule has 4 unspecified atom stereocenters. The van der Waals surface area contributed by atoms with Crippen molar-refractivity contribution in [2.45, 2.75) is 81.5 Å². The Kier molecular flexibility index (Phi) is 11.8. The van der Waals surface area contributed by atoms with E-state index in [1.165, 1.54) is 0 Å². The van der Waals surface area contributed by atoms with Crippen LogP contribution < -0.4 is 5.73 Å². The molecule has 2 rings (SSSR count). The molecule has 0 aromatic carbocycles. The molecule has 2 fully saturated rings. The monoisotopic (exact) mass is 483 g/mol. The minimum Gasteiger partial charge on any atom is -0.481 e. The minimum absolute atomic E-state index is 0.0386. The number of ether oxygens (including phenoxy) is 5. The van der Waals surface area contributed by atoms with Gasteiger partial charge in [0.15, 0.2) is 12.6 Å². The van der Waals surface area contributed by atoms with Crippen LogP contribution in [0.2, 0.25) is 0 Å². The number of hydrogen-bond donors (Lipinski definition) is 7. The molecule has 0 bridgehead atoms. The third-order valence-corrected chi connectivity index (χ3v) is 5.75. The van der Waals surface area contributed by atoms with Crippen LogP contribution in [0.15, 0.2) is 0 Å². The average molecular weight is 484 g/mol. The topological polar surface area (TPSA) is 211 Å². The van der Waals surface area contributed by atoms with E-state index in [2.05, 4.69) is 0 Å². The summed E-state index contributed by atoms with van der Waals surface area (Å²) in [6, 6.07) is 0. The van der Waals surface area contributed by atoms with E-state index in [1.54, 1.807) is 6.92 Å². The van der Waals surface area contributed by atoms with Crippen LogP contribution in [0.4, 0.5) is 0 Å². The molecule has 0 saturated carbocycles. The van der Waals surface area contributed by atoms with Crippen molar-refractivity contribution in [1.29, 1.82) is 0 Å². The van der Waals surface area contributed by atoms with Gasteiger partial charge in [0.25, 0.3) is 0 Å². The van der Waals surface area contributed by atoms with Gasteiger partial charge < -0.3 is 60.1 Å². The summed E-state index contributed by atoms with van der Waals surface area (Å²) in [5.74, 6) is -1.65. The number of hydrogen-bond acceptors (Lipinski definition) is 12. The van der Waals surface area contributed by atoms with Gasteiger partial charge in [0.1, 0.15) is 36.6 Å². The number of nitrogens with two attached hydrogens (primary N) is 1. The largest absolute Gasteiger partial charge is 0.481 e. The summed E-state index contributed by atoms with van der Waals surface area (Å²) >= 11 is 0. The van der Waals surface area contributed by atoms with Crippen molar-refractivity contribution in [2.24, 2.45) is 11.7 Å². The second kappa shape index (κ2) is 13.8. The first kappa shape index (κ1) is 28.3. The second-order valence-electron chi connectivity index (χ2n) is 8.23. The fourth-order valence-electron chi connectivity index (χ4n) is 3.80. The van der Waals surface area contributed by atoms with Crippen molar-refractivity contribution in [3.05, 3.63) is 0 Å². The van der Waals surface area contributed by atoms with Crippen LogP contribution in [0.1, 0.15) is 26.2 Å². The minimum atomic E-state index is -1.55. The van der Waals surface area contributed by atoms with Gasteiger partial charge in [-0.1, -0.05) is 6.92 Å². The average Bonchev–Trinajstić information content (AvgIpc) is 2.79. The number of aliphatic carboxylic acids is 1. The van der Waals surface area contributed by atoms with Gasteiger partial charge in [-0.25, -0.2) is 0 Å². The molecular formula is C20H37NO12. The molecule has 33 heavy (non-hydrogen) atoms. The van der Waals surface area contributed by atoms with E-state index < -0.39 is 80.4 Å². The highest BCUT2D eigenvalue weighted by Crippen LogP contribution is 2.33. The molecule has 0 spiro atoms. The van der Waals surface area contributed by atoms with Gasteiger partial charge in [-0.15, -0.1) is 0 Å². The molecule has 0 aromatic rings. The van der Waals surface area contributed by atoms with Crippen LogP contribution in [0, 0.1) is 5.92 Å². The SMILES string of the molecule is CC1[C@H](O[C@@H]2C(CO)O[C@@H](OCCCC(=O)O)C(O)[C@H]2O)OC(CO)[C@@H](OCCCN)[C@@H]1O. The Morgan fingerprint density at radius 1 is 0.879 bits per heavy atom. The normalized spacial score (nSPS) is 39.5. The van der Waals surface area contributed by atoms with Crippen LogP contribution in [0.25, 0.3) is 0 Å². The first-order valence-corrected chi connectivity index (χ1v) is 11.1. The van der Waals surface area contributed by atoms with Crippen LogP contribution in [0.3, 0.4) is 0 Å². The van der Waals surface area contributed by atoms with E-state index in [-0.39, 0.29) is 26.1 Å². The van der Waals surface area contributed by atoms with E-state index >= 15 is 0 Å². The first-order valence-electron chi connectivity index (χ1n) is 11.1. The summed E-state index contributed by atoms with van der Waals surface area (Å²) in [6.07, 6.45) is -10.0.